The van der Waals surface area contributed by atoms with Gasteiger partial charge in [-0.1, -0.05) is 0 Å². The van der Waals surface area contributed by atoms with Crippen molar-refractivity contribution in [1.82, 2.24) is 0 Å². The molecule has 0 bridgehead atoms. The van der Waals surface area contributed by atoms with Crippen LogP contribution in [-0.4, -0.2) is 41.4 Å². The van der Waals surface area contributed by atoms with E-state index >= 15 is 0 Å². The first kappa shape index (κ1) is 8.64. The van der Waals surface area contributed by atoms with E-state index < -0.39 is 18.3 Å². The summed E-state index contributed by atoms with van der Waals surface area (Å²) in [5.74, 6) is -0.134. The second kappa shape index (κ2) is 3.30. The summed E-state index contributed by atoms with van der Waals surface area (Å²) in [6, 6.07) is 0. The molecule has 0 unspecified atom stereocenters. The second-order valence-corrected chi connectivity index (χ2v) is 2.72. The Bertz CT molecular complexity index is 157. The molecule has 0 heterocycles. The first-order valence-corrected chi connectivity index (χ1v) is 3.58. The topological polar surface area (TPSA) is 66.8 Å². The summed E-state index contributed by atoms with van der Waals surface area (Å²) in [6.45, 7) is 0. The molecule has 64 valence electrons. The second-order valence-electron chi connectivity index (χ2n) is 2.72. The summed E-state index contributed by atoms with van der Waals surface area (Å²) in [5.41, 5.74) is 0. The Morgan fingerprint density at radius 1 is 1.55 bits per heavy atom. The maximum absolute atomic E-state index is 11.0. The molecule has 2 N–H and O–H groups in total. The molecule has 0 amide bonds. The summed E-state index contributed by atoms with van der Waals surface area (Å²) in [6.07, 6.45) is -2.09. The zero-order chi connectivity index (χ0) is 8.43. The minimum atomic E-state index is -1.05. The van der Waals surface area contributed by atoms with Crippen LogP contribution >= 0.6 is 0 Å². The minimum absolute atomic E-state index is 0.134. The van der Waals surface area contributed by atoms with Gasteiger partial charge in [-0.3, -0.25) is 4.79 Å². The van der Waals surface area contributed by atoms with Gasteiger partial charge in [0.15, 0.2) is 5.78 Å². The van der Waals surface area contributed by atoms with E-state index in [9.17, 15) is 9.90 Å². The monoisotopic (exact) mass is 160 g/mol. The third kappa shape index (κ3) is 1.58. The fourth-order valence-corrected chi connectivity index (χ4v) is 1.27. The van der Waals surface area contributed by atoms with Crippen molar-refractivity contribution < 1.29 is 19.7 Å². The van der Waals surface area contributed by atoms with Gasteiger partial charge in [0.25, 0.3) is 0 Å². The number of Topliss-reactive ketones (excluding diaryl/α,β-unsaturated/α-hetero) is 1. The van der Waals surface area contributed by atoms with Gasteiger partial charge in [-0.25, -0.2) is 0 Å². The summed E-state index contributed by atoms with van der Waals surface area (Å²) < 4.78 is 4.73. The Labute approximate surface area is 64.8 Å². The van der Waals surface area contributed by atoms with Crippen LogP contribution in [0.5, 0.6) is 0 Å². The Morgan fingerprint density at radius 2 is 2.18 bits per heavy atom. The number of methoxy groups -OCH3 is 1. The molecule has 1 saturated carbocycles. The van der Waals surface area contributed by atoms with Crippen LogP contribution in [0.15, 0.2) is 0 Å². The smallest absolute Gasteiger partial charge is 0.164 e. The molecule has 1 aliphatic rings. The Balaban J connectivity index is 2.63. The minimum Gasteiger partial charge on any atom is -0.390 e. The predicted molar refractivity (Wildman–Crippen MR) is 37.1 cm³/mol. The number of carbonyl (C=O) groups excluding carboxylic acids is 1. The Kier molecular flexibility index (Phi) is 2.59. The average molecular weight is 160 g/mol. The van der Waals surface area contributed by atoms with Crippen LogP contribution in [0, 0.1) is 0 Å². The molecule has 3 atom stereocenters. The van der Waals surface area contributed by atoms with E-state index in [4.69, 9.17) is 9.84 Å². The highest BCUT2D eigenvalue weighted by Crippen LogP contribution is 2.18. The third-order valence-corrected chi connectivity index (χ3v) is 1.96. The SMILES string of the molecule is CO[C@@H]1C(=O)CC[C@H](O)[C@@H]1O. The van der Waals surface area contributed by atoms with Crippen molar-refractivity contribution in [2.45, 2.75) is 31.2 Å². The fraction of sp³-hybridized carbons (Fsp3) is 0.857. The molecule has 0 aromatic rings. The number of rotatable bonds is 1. The number of aliphatic hydroxyl groups excluding tert-OH is 2. The predicted octanol–water partition coefficient (Wildman–Crippen LogP) is -0.914. The number of ether oxygens (including phenoxy) is 1. The van der Waals surface area contributed by atoms with E-state index in [1.54, 1.807) is 0 Å². The number of hydrogen-bond donors (Lipinski definition) is 2. The van der Waals surface area contributed by atoms with Gasteiger partial charge in [-0.15, -0.1) is 0 Å². The van der Waals surface area contributed by atoms with Crippen molar-refractivity contribution in [1.29, 1.82) is 0 Å². The van der Waals surface area contributed by atoms with Crippen molar-refractivity contribution in [2.24, 2.45) is 0 Å². The van der Waals surface area contributed by atoms with Gasteiger partial charge in [0.1, 0.15) is 12.2 Å². The zero-order valence-electron chi connectivity index (χ0n) is 6.36. The van der Waals surface area contributed by atoms with Gasteiger partial charge in [-0.2, -0.15) is 0 Å². The van der Waals surface area contributed by atoms with Crippen molar-refractivity contribution in [3.63, 3.8) is 0 Å². The lowest BCUT2D eigenvalue weighted by atomic mass is 9.91. The highest BCUT2D eigenvalue weighted by molar-refractivity contribution is 5.84. The van der Waals surface area contributed by atoms with Gasteiger partial charge in [-0.05, 0) is 6.42 Å². The van der Waals surface area contributed by atoms with E-state index in [1.165, 1.54) is 7.11 Å². The number of hydrogen-bond acceptors (Lipinski definition) is 4. The largest absolute Gasteiger partial charge is 0.390 e. The quantitative estimate of drug-likeness (QED) is 0.521. The first-order chi connectivity index (χ1) is 5.16. The summed E-state index contributed by atoms with van der Waals surface area (Å²) in [7, 11) is 1.35. The number of carbonyl (C=O) groups is 1. The molecule has 0 saturated heterocycles. The van der Waals surface area contributed by atoms with Crippen LogP contribution in [0.3, 0.4) is 0 Å². The van der Waals surface area contributed by atoms with Crippen LogP contribution in [0.2, 0.25) is 0 Å². The van der Waals surface area contributed by atoms with Crippen molar-refractivity contribution in [3.05, 3.63) is 0 Å². The molecule has 0 aromatic heterocycles. The van der Waals surface area contributed by atoms with Crippen LogP contribution in [0.1, 0.15) is 12.8 Å². The van der Waals surface area contributed by atoms with Gasteiger partial charge < -0.3 is 14.9 Å². The van der Waals surface area contributed by atoms with E-state index in [-0.39, 0.29) is 12.2 Å². The Hall–Kier alpha value is -0.450. The van der Waals surface area contributed by atoms with Crippen LogP contribution in [0.25, 0.3) is 0 Å². The lowest BCUT2D eigenvalue weighted by molar-refractivity contribution is -0.150. The molecule has 0 radical (unpaired) electrons. The van der Waals surface area contributed by atoms with Gasteiger partial charge in [0, 0.05) is 13.5 Å². The van der Waals surface area contributed by atoms with E-state index in [2.05, 4.69) is 0 Å². The van der Waals surface area contributed by atoms with Gasteiger partial charge in [0.2, 0.25) is 0 Å². The van der Waals surface area contributed by atoms with Crippen LogP contribution < -0.4 is 0 Å². The Morgan fingerprint density at radius 3 is 2.64 bits per heavy atom. The molecule has 0 aromatic carbocycles. The molecular weight excluding hydrogens is 148 g/mol. The molecule has 1 fully saturated rings. The van der Waals surface area contributed by atoms with Gasteiger partial charge in [0.05, 0.1) is 6.10 Å². The number of ketones is 1. The fourth-order valence-electron chi connectivity index (χ4n) is 1.27. The summed E-state index contributed by atoms with van der Waals surface area (Å²) in [5, 5.41) is 18.3. The zero-order valence-corrected chi connectivity index (χ0v) is 6.36. The normalized spacial score (nSPS) is 39.2. The molecule has 4 nitrogen and oxygen atoms in total. The summed E-state index contributed by atoms with van der Waals surface area (Å²) in [4.78, 5) is 11.0. The molecule has 0 spiro atoms. The third-order valence-electron chi connectivity index (χ3n) is 1.96. The van der Waals surface area contributed by atoms with Crippen molar-refractivity contribution in [2.75, 3.05) is 7.11 Å². The lowest BCUT2D eigenvalue weighted by Crippen LogP contribution is -2.47. The maximum Gasteiger partial charge on any atom is 0.164 e. The molecule has 4 heteroatoms. The molecule has 1 aliphatic carbocycles. The highest BCUT2D eigenvalue weighted by Gasteiger charge is 2.36. The van der Waals surface area contributed by atoms with Crippen LogP contribution in [0.4, 0.5) is 0 Å². The first-order valence-electron chi connectivity index (χ1n) is 3.58. The molecule has 0 aliphatic heterocycles. The average Bonchev–Trinajstić information content (AvgIpc) is 1.99. The highest BCUT2D eigenvalue weighted by atomic mass is 16.5. The summed E-state index contributed by atoms with van der Waals surface area (Å²) >= 11 is 0. The van der Waals surface area contributed by atoms with Crippen molar-refractivity contribution in [3.8, 4) is 0 Å². The standard InChI is InChI=1S/C7H12O4/c1-11-7-5(9)3-2-4(8)6(7)10/h4,6-8,10H,2-3H2,1H3/t4-,6-,7+/m0/s1. The van der Waals surface area contributed by atoms with Crippen LogP contribution in [-0.2, 0) is 9.53 Å². The van der Waals surface area contributed by atoms with E-state index in [1.807, 2.05) is 0 Å². The maximum atomic E-state index is 11.0. The van der Waals surface area contributed by atoms with Gasteiger partial charge >= 0.3 is 0 Å². The number of aliphatic hydroxyl groups is 2. The van der Waals surface area contributed by atoms with Crippen molar-refractivity contribution >= 4 is 5.78 Å². The van der Waals surface area contributed by atoms with E-state index in [0.29, 0.717) is 6.42 Å². The molecule has 1 rings (SSSR count). The lowest BCUT2D eigenvalue weighted by Gasteiger charge is -2.29. The molecular formula is C7H12O4. The molecule has 11 heavy (non-hydrogen) atoms. The van der Waals surface area contributed by atoms with E-state index in [0.717, 1.165) is 0 Å².